The van der Waals surface area contributed by atoms with Gasteiger partial charge in [0.25, 0.3) is 0 Å². The molecule has 0 amide bonds. The maximum atomic E-state index is 4.94. The lowest BCUT2D eigenvalue weighted by atomic mass is 9.80. The Bertz CT molecular complexity index is 1210. The lowest BCUT2D eigenvalue weighted by Gasteiger charge is -2.26. The number of benzene rings is 1. The van der Waals surface area contributed by atoms with Gasteiger partial charge in [0.05, 0.1) is 5.39 Å². The van der Waals surface area contributed by atoms with E-state index >= 15 is 0 Å². The second kappa shape index (κ2) is 6.24. The van der Waals surface area contributed by atoms with Gasteiger partial charge in [-0.3, -0.25) is 4.98 Å². The van der Waals surface area contributed by atoms with Crippen LogP contribution in [0.25, 0.3) is 27.2 Å². The van der Waals surface area contributed by atoms with Gasteiger partial charge in [0, 0.05) is 40.9 Å². The molecule has 6 rings (SSSR count). The SMILES string of the molecule is C1=C2c3c(sc4nc(-c5ccncc5)nc(NCc5ccccc5)c34)C2CC1. The zero-order valence-electron chi connectivity index (χ0n) is 15.2. The van der Waals surface area contributed by atoms with Gasteiger partial charge in [-0.15, -0.1) is 11.3 Å². The molecule has 0 fully saturated rings. The lowest BCUT2D eigenvalue weighted by molar-refractivity contribution is 0.797. The first kappa shape index (κ1) is 16.0. The fraction of sp³-hybridized carbons (Fsp3) is 0.174. The van der Waals surface area contributed by atoms with Crippen LogP contribution in [0.4, 0.5) is 5.82 Å². The summed E-state index contributed by atoms with van der Waals surface area (Å²) in [7, 11) is 0. The summed E-state index contributed by atoms with van der Waals surface area (Å²) in [5.41, 5.74) is 5.13. The third-order valence-electron chi connectivity index (χ3n) is 5.62. The first-order chi connectivity index (χ1) is 13.9. The third-order valence-corrected chi connectivity index (χ3v) is 6.82. The topological polar surface area (TPSA) is 50.7 Å². The minimum Gasteiger partial charge on any atom is -0.365 e. The normalized spacial score (nSPS) is 17.0. The minimum absolute atomic E-state index is 0.626. The highest BCUT2D eigenvalue weighted by molar-refractivity contribution is 7.19. The molecular weight excluding hydrogens is 364 g/mol. The Morgan fingerprint density at radius 1 is 1.04 bits per heavy atom. The predicted molar refractivity (Wildman–Crippen MR) is 114 cm³/mol. The van der Waals surface area contributed by atoms with Crippen LogP contribution < -0.4 is 5.32 Å². The highest BCUT2D eigenvalue weighted by Gasteiger charge is 2.39. The Kier molecular flexibility index (Phi) is 3.56. The van der Waals surface area contributed by atoms with E-state index in [4.69, 9.17) is 9.97 Å². The average molecular weight is 382 g/mol. The van der Waals surface area contributed by atoms with Gasteiger partial charge in [-0.1, -0.05) is 36.4 Å². The standard InChI is InChI=1S/C23H18N4S/c1-2-5-14(6-3-1)13-25-22-19-18-16-7-4-8-17(16)20(18)28-23(19)27-21(26-22)15-9-11-24-12-10-15/h1-3,5-7,9-12,17H,4,8,13H2,(H,25,26,27). The van der Waals surface area contributed by atoms with Crippen LogP contribution in [0.3, 0.4) is 0 Å². The fourth-order valence-electron chi connectivity index (χ4n) is 4.26. The largest absolute Gasteiger partial charge is 0.365 e. The smallest absolute Gasteiger partial charge is 0.163 e. The van der Waals surface area contributed by atoms with E-state index in [0.29, 0.717) is 5.92 Å². The number of nitrogens with one attached hydrogen (secondary N) is 1. The maximum Gasteiger partial charge on any atom is 0.163 e. The van der Waals surface area contributed by atoms with Crippen molar-refractivity contribution < 1.29 is 0 Å². The maximum absolute atomic E-state index is 4.94. The van der Waals surface area contributed by atoms with E-state index in [1.807, 2.05) is 29.5 Å². The molecule has 5 heteroatoms. The molecule has 0 radical (unpaired) electrons. The number of nitrogens with zero attached hydrogens (tertiary/aromatic N) is 3. The lowest BCUT2D eigenvalue weighted by Crippen LogP contribution is -2.10. The molecular formula is C23H18N4S. The monoisotopic (exact) mass is 382 g/mol. The van der Waals surface area contributed by atoms with Crippen LogP contribution in [0, 0.1) is 0 Å². The molecule has 0 saturated heterocycles. The van der Waals surface area contributed by atoms with E-state index in [1.165, 1.54) is 39.8 Å². The number of hydrogen-bond donors (Lipinski definition) is 1. The first-order valence-electron chi connectivity index (χ1n) is 9.61. The Morgan fingerprint density at radius 2 is 1.89 bits per heavy atom. The van der Waals surface area contributed by atoms with Gasteiger partial charge in [0.15, 0.2) is 5.82 Å². The van der Waals surface area contributed by atoms with Crippen molar-refractivity contribution in [1.29, 1.82) is 0 Å². The van der Waals surface area contributed by atoms with Gasteiger partial charge in [-0.2, -0.15) is 0 Å². The molecule has 0 spiro atoms. The average Bonchev–Trinajstić information content (AvgIpc) is 3.31. The van der Waals surface area contributed by atoms with Crippen LogP contribution in [-0.2, 0) is 6.54 Å². The van der Waals surface area contributed by atoms with Gasteiger partial charge in [-0.05, 0) is 36.1 Å². The van der Waals surface area contributed by atoms with Gasteiger partial charge >= 0.3 is 0 Å². The number of hydrogen-bond acceptors (Lipinski definition) is 5. The van der Waals surface area contributed by atoms with Crippen LogP contribution in [0.15, 0.2) is 60.9 Å². The number of thiophene rings is 1. The van der Waals surface area contributed by atoms with E-state index in [9.17, 15) is 0 Å². The highest BCUT2D eigenvalue weighted by atomic mass is 32.1. The second-order valence-corrected chi connectivity index (χ2v) is 8.31. The molecule has 1 unspecified atom stereocenters. The van der Waals surface area contributed by atoms with Crippen molar-refractivity contribution in [2.75, 3.05) is 5.32 Å². The number of anilines is 1. The molecule has 3 heterocycles. The summed E-state index contributed by atoms with van der Waals surface area (Å²) in [5.74, 6) is 2.32. The first-order valence-corrected chi connectivity index (χ1v) is 10.4. The molecule has 4 aromatic rings. The number of pyridine rings is 1. The van der Waals surface area contributed by atoms with Gasteiger partial charge in [0.2, 0.25) is 0 Å². The summed E-state index contributed by atoms with van der Waals surface area (Å²) in [6.45, 7) is 0.746. The van der Waals surface area contributed by atoms with E-state index in [0.717, 1.165) is 28.6 Å². The Balaban J connectivity index is 1.50. The van der Waals surface area contributed by atoms with E-state index in [2.05, 4.69) is 40.6 Å². The summed E-state index contributed by atoms with van der Waals surface area (Å²) in [6, 6.07) is 14.4. The third kappa shape index (κ3) is 2.39. The minimum atomic E-state index is 0.626. The summed E-state index contributed by atoms with van der Waals surface area (Å²) in [4.78, 5) is 16.6. The molecule has 1 atom stereocenters. The van der Waals surface area contributed by atoms with Crippen LogP contribution in [0.2, 0.25) is 0 Å². The zero-order chi connectivity index (χ0) is 18.5. The molecule has 0 saturated carbocycles. The molecule has 2 aliphatic carbocycles. The summed E-state index contributed by atoms with van der Waals surface area (Å²) in [5, 5.41) is 4.79. The highest BCUT2D eigenvalue weighted by Crippen LogP contribution is 2.59. The fourth-order valence-corrected chi connectivity index (χ4v) is 5.61. The Labute approximate surface area is 167 Å². The number of fused-ring (bicyclic) bond motifs is 6. The van der Waals surface area contributed by atoms with Crippen molar-refractivity contribution in [3.05, 3.63) is 76.9 Å². The Hall–Kier alpha value is -3.05. The van der Waals surface area contributed by atoms with E-state index in [-0.39, 0.29) is 0 Å². The van der Waals surface area contributed by atoms with Gasteiger partial charge in [-0.25, -0.2) is 9.97 Å². The van der Waals surface area contributed by atoms with Crippen molar-refractivity contribution in [3.63, 3.8) is 0 Å². The molecule has 28 heavy (non-hydrogen) atoms. The van der Waals surface area contributed by atoms with E-state index < -0.39 is 0 Å². The van der Waals surface area contributed by atoms with Gasteiger partial charge < -0.3 is 5.32 Å². The second-order valence-electron chi connectivity index (χ2n) is 7.28. The van der Waals surface area contributed by atoms with E-state index in [1.54, 1.807) is 12.4 Å². The van der Waals surface area contributed by atoms with Gasteiger partial charge in [0.1, 0.15) is 10.6 Å². The van der Waals surface area contributed by atoms with Crippen LogP contribution >= 0.6 is 11.3 Å². The van der Waals surface area contributed by atoms with Crippen LogP contribution in [0.1, 0.15) is 34.8 Å². The molecule has 4 nitrogen and oxygen atoms in total. The Morgan fingerprint density at radius 3 is 2.75 bits per heavy atom. The zero-order valence-corrected chi connectivity index (χ0v) is 16.0. The molecule has 3 aromatic heterocycles. The molecule has 0 bridgehead atoms. The molecule has 136 valence electrons. The predicted octanol–water partition coefficient (Wildman–Crippen LogP) is 5.64. The number of rotatable bonds is 4. The number of allylic oxidation sites excluding steroid dienone is 2. The van der Waals surface area contributed by atoms with Crippen molar-refractivity contribution in [2.45, 2.75) is 25.3 Å². The van der Waals surface area contributed by atoms with Crippen molar-refractivity contribution in [3.8, 4) is 11.4 Å². The summed E-state index contributed by atoms with van der Waals surface area (Å²) in [6.07, 6.45) is 8.41. The van der Waals surface area contributed by atoms with Crippen LogP contribution in [0.5, 0.6) is 0 Å². The summed E-state index contributed by atoms with van der Waals surface area (Å²) < 4.78 is 0. The molecule has 0 aliphatic heterocycles. The summed E-state index contributed by atoms with van der Waals surface area (Å²) >= 11 is 1.84. The molecule has 2 aliphatic rings. The quantitative estimate of drug-likeness (QED) is 0.496. The molecule has 1 N–H and O–H groups in total. The van der Waals surface area contributed by atoms with Crippen LogP contribution in [-0.4, -0.2) is 15.0 Å². The molecule has 1 aromatic carbocycles. The number of aromatic nitrogens is 3. The van der Waals surface area contributed by atoms with Crippen molar-refractivity contribution >= 4 is 32.9 Å². The van der Waals surface area contributed by atoms with Crippen molar-refractivity contribution in [2.24, 2.45) is 0 Å². The van der Waals surface area contributed by atoms with Crippen molar-refractivity contribution in [1.82, 2.24) is 15.0 Å².